The molecule has 0 atom stereocenters. The van der Waals surface area contributed by atoms with E-state index in [1.54, 1.807) is 13.8 Å². The lowest BCUT2D eigenvalue weighted by atomic mass is 10.2. The molecule has 0 aromatic carbocycles. The summed E-state index contributed by atoms with van der Waals surface area (Å²) < 4.78 is 29.3. The summed E-state index contributed by atoms with van der Waals surface area (Å²) in [6.07, 6.45) is 0. The molecule has 0 spiro atoms. The van der Waals surface area contributed by atoms with Gasteiger partial charge in [-0.05, 0) is 35.7 Å². The lowest BCUT2D eigenvalue weighted by Gasteiger charge is -2.28. The first kappa shape index (κ1) is 12.7. The Bertz CT molecular complexity index is 423. The van der Waals surface area contributed by atoms with Crippen LogP contribution < -0.4 is 0 Å². The Morgan fingerprint density at radius 2 is 1.93 bits per heavy atom. The Balaban J connectivity index is 3.18. The highest BCUT2D eigenvalue weighted by Crippen LogP contribution is 2.27. The van der Waals surface area contributed by atoms with Crippen molar-refractivity contribution in [2.75, 3.05) is 6.54 Å². The van der Waals surface area contributed by atoms with E-state index >= 15 is 0 Å². The molecule has 0 aromatic heterocycles. The van der Waals surface area contributed by atoms with Crippen molar-refractivity contribution in [3.63, 3.8) is 0 Å². The fourth-order valence-corrected chi connectivity index (χ4v) is 3.37. The van der Waals surface area contributed by atoms with Crippen molar-refractivity contribution in [3.8, 4) is 0 Å². The summed E-state index contributed by atoms with van der Waals surface area (Å²) in [6, 6.07) is 0. The lowest BCUT2D eigenvalue weighted by molar-refractivity contribution is 0.422. The standard InChI is InChI=1S/C9H15BrN2O2S/c1-6(2)5-12-8(4)9(10)7(3)11-15(12,13)14/h6H,5H2,1-4H3. The average Bonchev–Trinajstić information content (AvgIpc) is 2.08. The van der Waals surface area contributed by atoms with Crippen molar-refractivity contribution in [2.45, 2.75) is 27.7 Å². The van der Waals surface area contributed by atoms with E-state index in [2.05, 4.69) is 20.3 Å². The van der Waals surface area contributed by atoms with Crippen LogP contribution >= 0.6 is 15.9 Å². The van der Waals surface area contributed by atoms with Gasteiger partial charge in [-0.25, -0.2) is 0 Å². The summed E-state index contributed by atoms with van der Waals surface area (Å²) in [4.78, 5) is 0. The number of hydrogen-bond donors (Lipinski definition) is 0. The van der Waals surface area contributed by atoms with Crippen molar-refractivity contribution in [3.05, 3.63) is 10.2 Å². The van der Waals surface area contributed by atoms with Gasteiger partial charge in [0.1, 0.15) is 0 Å². The third-order valence-corrected chi connectivity index (χ3v) is 4.70. The van der Waals surface area contributed by atoms with Gasteiger partial charge < -0.3 is 0 Å². The van der Waals surface area contributed by atoms with E-state index in [0.29, 0.717) is 18.0 Å². The van der Waals surface area contributed by atoms with E-state index in [0.717, 1.165) is 4.48 Å². The molecule has 0 radical (unpaired) electrons. The zero-order valence-electron chi connectivity index (χ0n) is 9.28. The number of halogens is 1. The highest BCUT2D eigenvalue weighted by Gasteiger charge is 2.29. The molecule has 0 aliphatic carbocycles. The second kappa shape index (κ2) is 4.25. The Hall–Kier alpha value is -0.360. The van der Waals surface area contributed by atoms with Crippen molar-refractivity contribution >= 4 is 31.9 Å². The van der Waals surface area contributed by atoms with Crippen LogP contribution in [-0.4, -0.2) is 25.0 Å². The second-order valence-electron chi connectivity index (χ2n) is 3.98. The van der Waals surface area contributed by atoms with E-state index in [1.807, 2.05) is 13.8 Å². The van der Waals surface area contributed by atoms with E-state index in [4.69, 9.17) is 0 Å². The number of allylic oxidation sites excluding steroid dienone is 2. The molecule has 0 amide bonds. The fraction of sp³-hybridized carbons (Fsp3) is 0.667. The highest BCUT2D eigenvalue weighted by atomic mass is 79.9. The second-order valence-corrected chi connectivity index (χ2v) is 6.29. The Kier molecular flexibility index (Phi) is 3.60. The van der Waals surface area contributed by atoms with Crippen LogP contribution in [0.4, 0.5) is 0 Å². The largest absolute Gasteiger partial charge is 0.344 e. The number of hydrogen-bond acceptors (Lipinski definition) is 2. The molecule has 0 N–H and O–H groups in total. The van der Waals surface area contributed by atoms with Crippen LogP contribution in [0.15, 0.2) is 14.6 Å². The minimum Gasteiger partial charge on any atom is -0.255 e. The Morgan fingerprint density at radius 1 is 1.40 bits per heavy atom. The molecular formula is C9H15BrN2O2S. The SMILES string of the molecule is CC1=NS(=O)(=O)N(CC(C)C)C(C)=C1Br. The molecule has 86 valence electrons. The smallest absolute Gasteiger partial charge is 0.255 e. The van der Waals surface area contributed by atoms with Crippen LogP contribution in [0.1, 0.15) is 27.7 Å². The Morgan fingerprint density at radius 3 is 2.40 bits per heavy atom. The van der Waals surface area contributed by atoms with Crippen LogP contribution in [0.3, 0.4) is 0 Å². The monoisotopic (exact) mass is 294 g/mol. The van der Waals surface area contributed by atoms with E-state index in [1.165, 1.54) is 4.31 Å². The molecule has 1 rings (SSSR count). The first-order valence-corrected chi connectivity index (χ1v) is 6.90. The first-order valence-electron chi connectivity index (χ1n) is 4.71. The molecule has 1 aliphatic heterocycles. The van der Waals surface area contributed by atoms with Gasteiger partial charge in [-0.15, -0.1) is 4.40 Å². The minimum absolute atomic E-state index is 0.267. The number of rotatable bonds is 2. The molecule has 0 aromatic rings. The predicted octanol–water partition coefficient (Wildman–Crippen LogP) is 2.29. The number of nitrogens with zero attached hydrogens (tertiary/aromatic N) is 2. The molecule has 15 heavy (non-hydrogen) atoms. The third-order valence-electron chi connectivity index (χ3n) is 2.07. The lowest BCUT2D eigenvalue weighted by Crippen LogP contribution is -2.35. The summed E-state index contributed by atoms with van der Waals surface area (Å²) in [5.74, 6) is 0.267. The summed E-state index contributed by atoms with van der Waals surface area (Å²) in [5, 5.41) is 0. The van der Waals surface area contributed by atoms with Crippen LogP contribution in [0, 0.1) is 5.92 Å². The zero-order chi connectivity index (χ0) is 11.8. The summed E-state index contributed by atoms with van der Waals surface area (Å²) in [6.45, 7) is 7.86. The molecule has 0 bridgehead atoms. The normalized spacial score (nSPS) is 20.9. The van der Waals surface area contributed by atoms with Crippen LogP contribution in [-0.2, 0) is 10.2 Å². The van der Waals surface area contributed by atoms with E-state index in [9.17, 15) is 8.42 Å². The quantitative estimate of drug-likeness (QED) is 0.785. The van der Waals surface area contributed by atoms with E-state index in [-0.39, 0.29) is 5.92 Å². The molecule has 0 saturated carbocycles. The van der Waals surface area contributed by atoms with Gasteiger partial charge in [0.2, 0.25) is 0 Å². The summed E-state index contributed by atoms with van der Waals surface area (Å²) in [5.41, 5.74) is 1.21. The van der Waals surface area contributed by atoms with Crippen LogP contribution in [0.25, 0.3) is 0 Å². The molecule has 0 unspecified atom stereocenters. The fourth-order valence-electron chi connectivity index (χ4n) is 1.37. The van der Waals surface area contributed by atoms with Gasteiger partial charge in [0.15, 0.2) is 0 Å². The minimum atomic E-state index is -3.52. The van der Waals surface area contributed by atoms with Gasteiger partial charge in [0.05, 0.1) is 10.2 Å². The maximum absolute atomic E-state index is 11.8. The van der Waals surface area contributed by atoms with Gasteiger partial charge in [0.25, 0.3) is 0 Å². The first-order chi connectivity index (χ1) is 6.75. The summed E-state index contributed by atoms with van der Waals surface area (Å²) >= 11 is 3.34. The molecule has 0 saturated heterocycles. The van der Waals surface area contributed by atoms with Crippen LogP contribution in [0.5, 0.6) is 0 Å². The van der Waals surface area contributed by atoms with Gasteiger partial charge in [-0.2, -0.15) is 8.42 Å². The highest BCUT2D eigenvalue weighted by molar-refractivity contribution is 9.12. The van der Waals surface area contributed by atoms with Crippen LogP contribution in [0.2, 0.25) is 0 Å². The van der Waals surface area contributed by atoms with Gasteiger partial charge >= 0.3 is 10.2 Å². The molecule has 1 aliphatic rings. The van der Waals surface area contributed by atoms with Crippen molar-refractivity contribution in [1.29, 1.82) is 0 Å². The maximum atomic E-state index is 11.8. The predicted molar refractivity (Wildman–Crippen MR) is 65.2 cm³/mol. The molecule has 4 nitrogen and oxygen atoms in total. The van der Waals surface area contributed by atoms with Gasteiger partial charge in [-0.3, -0.25) is 4.31 Å². The van der Waals surface area contributed by atoms with E-state index < -0.39 is 10.2 Å². The maximum Gasteiger partial charge on any atom is 0.344 e. The average molecular weight is 295 g/mol. The topological polar surface area (TPSA) is 49.7 Å². The summed E-state index contributed by atoms with van der Waals surface area (Å²) in [7, 11) is -3.52. The molecule has 1 heterocycles. The van der Waals surface area contributed by atoms with Gasteiger partial charge in [0, 0.05) is 12.2 Å². The Labute approximate surface area is 99.4 Å². The molecule has 6 heteroatoms. The molecule has 0 fully saturated rings. The third kappa shape index (κ3) is 2.60. The van der Waals surface area contributed by atoms with Gasteiger partial charge in [-0.1, -0.05) is 13.8 Å². The van der Waals surface area contributed by atoms with Crippen molar-refractivity contribution in [1.82, 2.24) is 4.31 Å². The van der Waals surface area contributed by atoms with Crippen molar-refractivity contribution < 1.29 is 8.42 Å². The zero-order valence-corrected chi connectivity index (χ0v) is 11.7. The molecular weight excluding hydrogens is 280 g/mol. The van der Waals surface area contributed by atoms with Crippen molar-refractivity contribution in [2.24, 2.45) is 10.3 Å².